The number of para-hydroxylation sites is 2. The fourth-order valence-corrected chi connectivity index (χ4v) is 13.1. The first-order valence-corrected chi connectivity index (χ1v) is 24.2. The summed E-state index contributed by atoms with van der Waals surface area (Å²) in [6.45, 7) is 18.9. The third kappa shape index (κ3) is 4.98. The maximum atomic E-state index is 6.98. The highest BCUT2D eigenvalue weighted by molar-refractivity contribution is 6.21. The zero-order valence-electron chi connectivity index (χ0n) is 39.9. The Morgan fingerprint density at radius 2 is 0.868 bits per heavy atom. The van der Waals surface area contributed by atoms with Gasteiger partial charge in [0, 0.05) is 66.0 Å². The molecule has 68 heavy (non-hydrogen) atoms. The maximum Gasteiger partial charge on any atom is 0.144 e. The van der Waals surface area contributed by atoms with Crippen molar-refractivity contribution in [1.29, 1.82) is 0 Å². The molecule has 2 aromatic heterocycles. The summed E-state index contributed by atoms with van der Waals surface area (Å²) < 4.78 is 13.8. The minimum absolute atomic E-state index is 0.219. The van der Waals surface area contributed by atoms with E-state index in [1.54, 1.807) is 0 Å². The van der Waals surface area contributed by atoms with Crippen LogP contribution in [0.25, 0.3) is 88.4 Å². The molecular weight excluding hydrogens is 827 g/mol. The Labute approximate surface area is 397 Å². The molecule has 9 aromatic carbocycles. The number of benzene rings is 9. The van der Waals surface area contributed by atoms with Crippen molar-refractivity contribution in [3.05, 3.63) is 208 Å². The maximum absolute atomic E-state index is 6.98. The molecule has 3 nitrogen and oxygen atoms in total. The number of hydrogen-bond donors (Lipinski definition) is 0. The van der Waals surface area contributed by atoms with Crippen molar-refractivity contribution in [3.8, 4) is 44.5 Å². The van der Waals surface area contributed by atoms with Gasteiger partial charge in [0.1, 0.15) is 22.3 Å². The molecule has 0 saturated heterocycles. The highest BCUT2D eigenvalue weighted by Gasteiger charge is 2.49. The molecule has 0 aliphatic heterocycles. The van der Waals surface area contributed by atoms with Crippen molar-refractivity contribution in [1.82, 2.24) is 0 Å². The van der Waals surface area contributed by atoms with Gasteiger partial charge in [-0.1, -0.05) is 156 Å². The minimum Gasteiger partial charge on any atom is -0.455 e. The molecule has 328 valence electrons. The van der Waals surface area contributed by atoms with Crippen LogP contribution in [-0.2, 0) is 16.2 Å². The van der Waals surface area contributed by atoms with Crippen LogP contribution in [0.2, 0.25) is 0 Å². The smallest absolute Gasteiger partial charge is 0.144 e. The summed E-state index contributed by atoms with van der Waals surface area (Å²) in [6.07, 6.45) is 0. The van der Waals surface area contributed by atoms with Crippen LogP contribution in [0.5, 0.6) is 0 Å². The predicted molar refractivity (Wildman–Crippen MR) is 283 cm³/mol. The number of anilines is 3. The van der Waals surface area contributed by atoms with Crippen LogP contribution < -0.4 is 4.90 Å². The lowest BCUT2D eigenvalue weighted by molar-refractivity contribution is 0.600. The van der Waals surface area contributed by atoms with Gasteiger partial charge in [0.25, 0.3) is 0 Å². The number of furan rings is 2. The SMILES string of the molecule is Cc1ccc(N(c2ccc3c(c2)C(C)(C)c2cc(-c4ccccc4C)c4oc5ccccc5c4c2-3)c2ccc3c(c2)C(C)(C)c2c4c(c5oc6ccccc6c5c2-3)-c2ccccc2C4(C)C)cc1. The molecule has 0 N–H and O–H groups in total. The number of rotatable bonds is 4. The van der Waals surface area contributed by atoms with E-state index in [2.05, 4.69) is 224 Å². The predicted octanol–water partition coefficient (Wildman–Crippen LogP) is 18.2. The molecule has 3 aliphatic carbocycles. The second kappa shape index (κ2) is 13.3. The van der Waals surface area contributed by atoms with E-state index in [1.165, 1.54) is 99.6 Å². The van der Waals surface area contributed by atoms with Crippen molar-refractivity contribution in [2.24, 2.45) is 0 Å². The summed E-state index contributed by atoms with van der Waals surface area (Å²) in [5.74, 6) is 0. The lowest BCUT2D eigenvalue weighted by Gasteiger charge is -2.32. The van der Waals surface area contributed by atoms with Crippen molar-refractivity contribution >= 4 is 60.9 Å². The molecule has 0 amide bonds. The molecule has 3 heteroatoms. The quantitative estimate of drug-likeness (QED) is 0.176. The van der Waals surface area contributed by atoms with Gasteiger partial charge in [-0.2, -0.15) is 0 Å². The lowest BCUT2D eigenvalue weighted by atomic mass is 9.72. The second-order valence-corrected chi connectivity index (χ2v) is 21.3. The molecule has 0 unspecified atom stereocenters. The van der Waals surface area contributed by atoms with Gasteiger partial charge in [-0.25, -0.2) is 0 Å². The zero-order chi connectivity index (χ0) is 46.2. The molecule has 11 aromatic rings. The molecule has 0 spiro atoms. The number of hydrogen-bond acceptors (Lipinski definition) is 3. The molecule has 2 heterocycles. The number of nitrogens with zero attached hydrogens (tertiary/aromatic N) is 1. The molecule has 0 fully saturated rings. The van der Waals surface area contributed by atoms with E-state index in [0.29, 0.717) is 0 Å². The Bertz CT molecular complexity index is 4020. The lowest BCUT2D eigenvalue weighted by Crippen LogP contribution is -2.24. The first-order valence-electron chi connectivity index (χ1n) is 24.2. The summed E-state index contributed by atoms with van der Waals surface area (Å²) in [7, 11) is 0. The topological polar surface area (TPSA) is 29.5 Å². The molecule has 0 radical (unpaired) electrons. The van der Waals surface area contributed by atoms with Gasteiger partial charge in [0.15, 0.2) is 0 Å². The van der Waals surface area contributed by atoms with E-state index in [-0.39, 0.29) is 16.2 Å². The number of aryl methyl sites for hydroxylation is 2. The molecular formula is C65H51NO2. The van der Waals surface area contributed by atoms with Crippen LogP contribution in [0, 0.1) is 13.8 Å². The largest absolute Gasteiger partial charge is 0.455 e. The minimum atomic E-state index is -0.315. The normalized spacial score (nSPS) is 15.4. The molecule has 0 saturated carbocycles. The van der Waals surface area contributed by atoms with Crippen LogP contribution in [-0.4, -0.2) is 0 Å². The van der Waals surface area contributed by atoms with Crippen LogP contribution in [0.4, 0.5) is 17.1 Å². The van der Waals surface area contributed by atoms with Gasteiger partial charge < -0.3 is 13.7 Å². The first kappa shape index (κ1) is 39.5. The van der Waals surface area contributed by atoms with E-state index in [1.807, 2.05) is 0 Å². The summed E-state index contributed by atoms with van der Waals surface area (Å²) in [4.78, 5) is 2.48. The summed E-state index contributed by atoms with van der Waals surface area (Å²) in [5.41, 5.74) is 27.0. The third-order valence-electron chi connectivity index (χ3n) is 16.4. The highest BCUT2D eigenvalue weighted by Crippen LogP contribution is 2.64. The van der Waals surface area contributed by atoms with E-state index >= 15 is 0 Å². The number of fused-ring (bicyclic) bond motifs is 19. The Morgan fingerprint density at radius 1 is 0.368 bits per heavy atom. The van der Waals surface area contributed by atoms with Crippen LogP contribution in [0.1, 0.15) is 86.1 Å². The second-order valence-electron chi connectivity index (χ2n) is 21.3. The van der Waals surface area contributed by atoms with Gasteiger partial charge >= 0.3 is 0 Å². The van der Waals surface area contributed by atoms with Crippen molar-refractivity contribution in [3.63, 3.8) is 0 Å². The average Bonchev–Trinajstić information content (AvgIpc) is 4.09. The van der Waals surface area contributed by atoms with Gasteiger partial charge in [0.2, 0.25) is 0 Å². The van der Waals surface area contributed by atoms with E-state index < -0.39 is 0 Å². The van der Waals surface area contributed by atoms with Crippen LogP contribution in [0.3, 0.4) is 0 Å². The standard InChI is InChI=1S/C65H51NO2/c1-36-25-27-38(28-26-36)66(39-29-31-43-49(33-39)63(3,4)51-35-47(41-18-10-9-17-37(41)2)61-56(54(43)51)45-20-12-15-23-52(45)67-61)40-30-32-44-50(34-40)65(7,8)59-55(44)57-46-21-13-16-24-53(46)68-62(57)58-42-19-11-14-22-48(42)64(5,6)60(58)59/h9-35H,1-8H3. The summed E-state index contributed by atoms with van der Waals surface area (Å²) in [5, 5.41) is 4.75. The third-order valence-corrected chi connectivity index (χ3v) is 16.4. The Balaban J connectivity index is 0.988. The van der Waals surface area contributed by atoms with Crippen molar-refractivity contribution in [2.45, 2.75) is 71.6 Å². The molecule has 0 atom stereocenters. The van der Waals surface area contributed by atoms with Gasteiger partial charge in [-0.05, 0) is 141 Å². The van der Waals surface area contributed by atoms with E-state index in [0.717, 1.165) is 50.3 Å². The highest BCUT2D eigenvalue weighted by atomic mass is 16.3. The Morgan fingerprint density at radius 3 is 1.54 bits per heavy atom. The van der Waals surface area contributed by atoms with Gasteiger partial charge in [-0.15, -0.1) is 0 Å². The molecule has 3 aliphatic rings. The molecule has 14 rings (SSSR count). The fourth-order valence-electron chi connectivity index (χ4n) is 13.1. The Hall–Kier alpha value is -7.62. The summed E-state index contributed by atoms with van der Waals surface area (Å²) in [6, 6.07) is 60.8. The zero-order valence-corrected chi connectivity index (χ0v) is 39.9. The van der Waals surface area contributed by atoms with Gasteiger partial charge in [0.05, 0.1) is 0 Å². The molecule has 0 bridgehead atoms. The average molecular weight is 878 g/mol. The van der Waals surface area contributed by atoms with E-state index in [9.17, 15) is 0 Å². The fraction of sp³-hybridized carbons (Fsp3) is 0.169. The monoisotopic (exact) mass is 877 g/mol. The Kier molecular flexibility index (Phi) is 7.73. The van der Waals surface area contributed by atoms with Crippen LogP contribution in [0.15, 0.2) is 173 Å². The van der Waals surface area contributed by atoms with Crippen molar-refractivity contribution in [2.75, 3.05) is 4.90 Å². The summed E-state index contributed by atoms with van der Waals surface area (Å²) >= 11 is 0. The first-order chi connectivity index (χ1) is 32.8. The van der Waals surface area contributed by atoms with Gasteiger partial charge in [-0.3, -0.25) is 0 Å². The van der Waals surface area contributed by atoms with Crippen molar-refractivity contribution < 1.29 is 8.83 Å². The van der Waals surface area contributed by atoms with Crippen LogP contribution >= 0.6 is 0 Å². The van der Waals surface area contributed by atoms with E-state index in [4.69, 9.17) is 8.83 Å².